The first kappa shape index (κ1) is 17.8. The fourth-order valence-electron chi connectivity index (χ4n) is 2.35. The number of aromatic nitrogens is 2. The maximum Gasteiger partial charge on any atom is 0.322 e. The topological polar surface area (TPSA) is 86.5 Å². The summed E-state index contributed by atoms with van der Waals surface area (Å²) in [6, 6.07) is 12.7. The smallest absolute Gasteiger partial charge is 0.322 e. The van der Waals surface area contributed by atoms with Crippen molar-refractivity contribution in [3.63, 3.8) is 0 Å². The van der Waals surface area contributed by atoms with E-state index in [1.807, 2.05) is 30.5 Å². The van der Waals surface area contributed by atoms with Gasteiger partial charge in [-0.25, -0.2) is 0 Å². The van der Waals surface area contributed by atoms with Crippen LogP contribution in [0.3, 0.4) is 0 Å². The van der Waals surface area contributed by atoms with Crippen molar-refractivity contribution in [3.8, 4) is 23.0 Å². The third kappa shape index (κ3) is 3.65. The number of carbonyl (C=O) groups is 1. The molecular weight excluding hydrogens is 354 g/mol. The highest BCUT2D eigenvalue weighted by Crippen LogP contribution is 2.31. The molecule has 2 aromatic carbocycles. The molecule has 0 fully saturated rings. The molecule has 1 heterocycles. The Labute approximate surface area is 154 Å². The van der Waals surface area contributed by atoms with Crippen LogP contribution in [0, 0.1) is 0 Å². The van der Waals surface area contributed by atoms with Gasteiger partial charge in [0.2, 0.25) is 5.89 Å². The van der Waals surface area contributed by atoms with Crippen LogP contribution in [0.15, 0.2) is 51.8 Å². The van der Waals surface area contributed by atoms with Crippen molar-refractivity contribution < 1.29 is 18.7 Å². The van der Waals surface area contributed by atoms with Crippen LogP contribution < -0.4 is 14.8 Å². The number of rotatable bonds is 6. The second-order valence-corrected chi connectivity index (χ2v) is 6.02. The number of hydrogen-bond acceptors (Lipinski definition) is 7. The summed E-state index contributed by atoms with van der Waals surface area (Å²) in [5, 5.41) is 10.4. The van der Waals surface area contributed by atoms with Gasteiger partial charge in [0.15, 0.2) is 11.5 Å². The lowest BCUT2D eigenvalue weighted by Crippen LogP contribution is -2.13. The number of thioether (sulfide) groups is 1. The fraction of sp³-hybridized carbons (Fsp3) is 0.167. The minimum absolute atomic E-state index is 0.00353. The molecule has 0 spiro atoms. The van der Waals surface area contributed by atoms with E-state index in [1.165, 1.54) is 14.2 Å². The van der Waals surface area contributed by atoms with E-state index < -0.39 is 5.91 Å². The number of methoxy groups -OCH3 is 2. The molecule has 3 aromatic rings. The van der Waals surface area contributed by atoms with Crippen molar-refractivity contribution in [1.29, 1.82) is 0 Å². The fourth-order valence-corrected chi connectivity index (χ4v) is 2.76. The van der Waals surface area contributed by atoms with Crippen molar-refractivity contribution in [3.05, 3.63) is 48.0 Å². The molecule has 0 aliphatic carbocycles. The van der Waals surface area contributed by atoms with E-state index in [2.05, 4.69) is 15.5 Å². The molecule has 1 amide bonds. The van der Waals surface area contributed by atoms with E-state index in [4.69, 9.17) is 13.9 Å². The van der Waals surface area contributed by atoms with Crippen molar-refractivity contribution in [2.75, 3.05) is 25.8 Å². The summed E-state index contributed by atoms with van der Waals surface area (Å²) in [6.07, 6.45) is 2.00. The highest BCUT2D eigenvalue weighted by atomic mass is 32.2. The number of nitrogens with one attached hydrogen (secondary N) is 1. The Bertz CT molecular complexity index is 909. The first-order valence-electron chi connectivity index (χ1n) is 7.66. The molecule has 3 rings (SSSR count). The second-order valence-electron chi connectivity index (χ2n) is 5.14. The molecule has 0 atom stereocenters. The highest BCUT2D eigenvalue weighted by Gasteiger charge is 2.19. The second kappa shape index (κ2) is 7.92. The third-order valence-corrected chi connectivity index (χ3v) is 4.37. The maximum atomic E-state index is 12.5. The number of amides is 1. The zero-order chi connectivity index (χ0) is 18.5. The molecular formula is C18H17N3O4S. The van der Waals surface area contributed by atoms with Gasteiger partial charge in [-0.2, -0.15) is 0 Å². The van der Waals surface area contributed by atoms with Gasteiger partial charge in [0.05, 0.1) is 19.8 Å². The predicted octanol–water partition coefficient (Wildman–Crippen LogP) is 3.73. The van der Waals surface area contributed by atoms with Gasteiger partial charge in [-0.1, -0.05) is 11.2 Å². The number of benzene rings is 2. The van der Waals surface area contributed by atoms with Crippen LogP contribution in [0.1, 0.15) is 10.4 Å². The van der Waals surface area contributed by atoms with E-state index >= 15 is 0 Å². The number of hydrogen-bond donors (Lipinski definition) is 1. The Kier molecular flexibility index (Phi) is 5.43. The lowest BCUT2D eigenvalue weighted by molar-refractivity contribution is 0.102. The van der Waals surface area contributed by atoms with Gasteiger partial charge in [-0.3, -0.25) is 10.1 Å². The standard InChI is InChI=1S/C18H17N3O4S/c1-23-14-6-4-5-13(15(14)24-2)16(22)19-18-21-20-17(25-18)11-7-9-12(26-3)10-8-11/h4-10H,1-3H3,(H,19,21,22). The summed E-state index contributed by atoms with van der Waals surface area (Å²) in [5.74, 6) is 0.680. The normalized spacial score (nSPS) is 10.4. The Morgan fingerprint density at radius 2 is 1.85 bits per heavy atom. The van der Waals surface area contributed by atoms with E-state index in [0.717, 1.165) is 10.5 Å². The van der Waals surface area contributed by atoms with Crippen LogP contribution in [0.4, 0.5) is 6.01 Å². The quantitative estimate of drug-likeness (QED) is 0.661. The summed E-state index contributed by atoms with van der Waals surface area (Å²) in [7, 11) is 2.98. The molecule has 8 heteroatoms. The summed E-state index contributed by atoms with van der Waals surface area (Å²) in [5.41, 5.74) is 1.07. The summed E-state index contributed by atoms with van der Waals surface area (Å²) >= 11 is 1.64. The van der Waals surface area contributed by atoms with Gasteiger partial charge in [0.1, 0.15) is 0 Å². The van der Waals surface area contributed by atoms with Crippen LogP contribution >= 0.6 is 11.8 Å². The zero-order valence-electron chi connectivity index (χ0n) is 14.5. The van der Waals surface area contributed by atoms with Gasteiger partial charge in [0.25, 0.3) is 5.91 Å². The largest absolute Gasteiger partial charge is 0.493 e. The van der Waals surface area contributed by atoms with Crippen LogP contribution in [-0.2, 0) is 0 Å². The number of carbonyl (C=O) groups excluding carboxylic acids is 1. The molecule has 0 unspecified atom stereocenters. The SMILES string of the molecule is COc1cccc(C(=O)Nc2nnc(-c3ccc(SC)cc3)o2)c1OC. The molecule has 134 valence electrons. The van der Waals surface area contributed by atoms with Crippen molar-refractivity contribution in [1.82, 2.24) is 10.2 Å². The third-order valence-electron chi connectivity index (χ3n) is 3.63. The molecule has 26 heavy (non-hydrogen) atoms. The van der Waals surface area contributed by atoms with Crippen molar-refractivity contribution >= 4 is 23.7 Å². The minimum atomic E-state index is -0.436. The lowest BCUT2D eigenvalue weighted by atomic mass is 10.1. The van der Waals surface area contributed by atoms with E-state index in [0.29, 0.717) is 23.0 Å². The number of nitrogens with zero attached hydrogens (tertiary/aromatic N) is 2. The minimum Gasteiger partial charge on any atom is -0.493 e. The van der Waals surface area contributed by atoms with Gasteiger partial charge in [-0.05, 0) is 42.7 Å². The van der Waals surface area contributed by atoms with E-state index in [-0.39, 0.29) is 6.01 Å². The maximum absolute atomic E-state index is 12.5. The molecule has 0 aliphatic rings. The average molecular weight is 371 g/mol. The Morgan fingerprint density at radius 3 is 2.50 bits per heavy atom. The molecule has 7 nitrogen and oxygen atoms in total. The Morgan fingerprint density at radius 1 is 1.08 bits per heavy atom. The first-order valence-corrected chi connectivity index (χ1v) is 8.89. The Hall–Kier alpha value is -3.00. The molecule has 1 N–H and O–H groups in total. The summed E-state index contributed by atoms with van der Waals surface area (Å²) in [6.45, 7) is 0. The summed E-state index contributed by atoms with van der Waals surface area (Å²) in [4.78, 5) is 13.6. The average Bonchev–Trinajstić information content (AvgIpc) is 3.15. The molecule has 0 radical (unpaired) electrons. The van der Waals surface area contributed by atoms with Crippen molar-refractivity contribution in [2.24, 2.45) is 0 Å². The van der Waals surface area contributed by atoms with Gasteiger partial charge < -0.3 is 13.9 Å². The first-order chi connectivity index (χ1) is 12.7. The van der Waals surface area contributed by atoms with Gasteiger partial charge >= 0.3 is 6.01 Å². The highest BCUT2D eigenvalue weighted by molar-refractivity contribution is 7.98. The number of ether oxygens (including phenoxy) is 2. The number of para-hydroxylation sites is 1. The predicted molar refractivity (Wildman–Crippen MR) is 99.0 cm³/mol. The zero-order valence-corrected chi connectivity index (χ0v) is 15.3. The van der Waals surface area contributed by atoms with Crippen LogP contribution in [0.5, 0.6) is 11.5 Å². The summed E-state index contributed by atoms with van der Waals surface area (Å²) < 4.78 is 16.0. The van der Waals surface area contributed by atoms with Gasteiger partial charge in [-0.15, -0.1) is 16.9 Å². The molecule has 0 saturated carbocycles. The van der Waals surface area contributed by atoms with E-state index in [1.54, 1.807) is 30.0 Å². The van der Waals surface area contributed by atoms with Crippen LogP contribution in [0.2, 0.25) is 0 Å². The molecule has 0 aliphatic heterocycles. The van der Waals surface area contributed by atoms with Crippen molar-refractivity contribution in [2.45, 2.75) is 4.90 Å². The lowest BCUT2D eigenvalue weighted by Gasteiger charge is -2.11. The van der Waals surface area contributed by atoms with E-state index in [9.17, 15) is 4.79 Å². The molecule has 0 bridgehead atoms. The van der Waals surface area contributed by atoms with Crippen LogP contribution in [0.25, 0.3) is 11.5 Å². The Balaban J connectivity index is 1.80. The molecule has 0 saturated heterocycles. The monoisotopic (exact) mass is 371 g/mol. The van der Waals surface area contributed by atoms with Gasteiger partial charge in [0, 0.05) is 10.5 Å². The molecule has 1 aromatic heterocycles. The number of anilines is 1. The van der Waals surface area contributed by atoms with Crippen LogP contribution in [-0.4, -0.2) is 36.6 Å².